The quantitative estimate of drug-likeness (QED) is 0.544. The molecule has 0 aromatic heterocycles. The summed E-state index contributed by atoms with van der Waals surface area (Å²) >= 11 is 0. The van der Waals surface area contributed by atoms with Crippen molar-refractivity contribution in [3.05, 3.63) is 11.6 Å². The van der Waals surface area contributed by atoms with Gasteiger partial charge in [-0.3, -0.25) is 14.4 Å². The summed E-state index contributed by atoms with van der Waals surface area (Å²) in [6.45, 7) is 10.9. The SMILES string of the molecule is CC1C(=O)C(C#N)=CC2(C)C1CCC1(C)C3CCC4(C(=O)O)CCC(C)(C)CC4C3C(=O)CC21. The number of hydrogen-bond donors (Lipinski definition) is 1. The van der Waals surface area contributed by atoms with Crippen molar-refractivity contribution in [1.29, 1.82) is 5.26 Å². The van der Waals surface area contributed by atoms with Crippen LogP contribution in [0.4, 0.5) is 0 Å². The van der Waals surface area contributed by atoms with Gasteiger partial charge in [-0.15, -0.1) is 0 Å². The number of allylic oxidation sites excluding steroid dienone is 2. The first-order valence-corrected chi connectivity index (χ1v) is 13.2. The summed E-state index contributed by atoms with van der Waals surface area (Å²) in [5, 5.41) is 20.1. The highest BCUT2D eigenvalue weighted by Gasteiger charge is 2.68. The second-order valence-electron chi connectivity index (χ2n) is 13.7. The molecule has 0 saturated heterocycles. The van der Waals surface area contributed by atoms with Crippen LogP contribution in [0.1, 0.15) is 86.0 Å². The molecule has 1 N–H and O–H groups in total. The zero-order valence-electron chi connectivity index (χ0n) is 21.3. The predicted octanol–water partition coefficient (Wildman–Crippen LogP) is 5.59. The van der Waals surface area contributed by atoms with Crippen LogP contribution in [0.3, 0.4) is 0 Å². The molecule has 5 heteroatoms. The number of carboxylic acid groups (broad SMARTS) is 1. The number of hydrogen-bond acceptors (Lipinski definition) is 4. The second-order valence-corrected chi connectivity index (χ2v) is 13.7. The van der Waals surface area contributed by atoms with Crippen molar-refractivity contribution >= 4 is 17.5 Å². The molecule has 184 valence electrons. The van der Waals surface area contributed by atoms with Crippen molar-refractivity contribution in [3.63, 3.8) is 0 Å². The van der Waals surface area contributed by atoms with Crippen LogP contribution >= 0.6 is 0 Å². The van der Waals surface area contributed by atoms with Crippen LogP contribution in [0.25, 0.3) is 0 Å². The van der Waals surface area contributed by atoms with E-state index in [1.165, 1.54) is 0 Å². The Hall–Kier alpha value is -1.96. The Morgan fingerprint density at radius 1 is 1.03 bits per heavy atom. The Morgan fingerprint density at radius 3 is 2.35 bits per heavy atom. The predicted molar refractivity (Wildman–Crippen MR) is 127 cm³/mol. The van der Waals surface area contributed by atoms with Crippen LogP contribution in [0, 0.1) is 68.5 Å². The summed E-state index contributed by atoms with van der Waals surface area (Å²) in [5.41, 5.74) is -0.910. The Balaban J connectivity index is 1.59. The third-order valence-electron chi connectivity index (χ3n) is 11.7. The summed E-state index contributed by atoms with van der Waals surface area (Å²) in [7, 11) is 0. The summed E-state index contributed by atoms with van der Waals surface area (Å²) in [4.78, 5) is 39.5. The zero-order valence-corrected chi connectivity index (χ0v) is 21.3. The van der Waals surface area contributed by atoms with Crippen molar-refractivity contribution in [2.45, 2.75) is 86.0 Å². The van der Waals surface area contributed by atoms with Crippen molar-refractivity contribution in [2.24, 2.45) is 57.2 Å². The van der Waals surface area contributed by atoms with Crippen molar-refractivity contribution in [2.75, 3.05) is 0 Å². The minimum atomic E-state index is -0.768. The second kappa shape index (κ2) is 7.28. The molecule has 0 amide bonds. The Labute approximate surface area is 203 Å². The lowest BCUT2D eigenvalue weighted by Gasteiger charge is -2.66. The zero-order chi connectivity index (χ0) is 24.8. The lowest BCUT2D eigenvalue weighted by atomic mass is 9.36. The monoisotopic (exact) mass is 465 g/mol. The maximum Gasteiger partial charge on any atom is 0.309 e. The molecule has 5 aliphatic carbocycles. The van der Waals surface area contributed by atoms with Crippen molar-refractivity contribution < 1.29 is 19.5 Å². The van der Waals surface area contributed by atoms with Gasteiger partial charge in [0.15, 0.2) is 5.78 Å². The van der Waals surface area contributed by atoms with Crippen LogP contribution < -0.4 is 0 Å². The third-order valence-corrected chi connectivity index (χ3v) is 11.7. The van der Waals surface area contributed by atoms with Gasteiger partial charge >= 0.3 is 5.97 Å². The van der Waals surface area contributed by atoms with Crippen LogP contribution in [0.5, 0.6) is 0 Å². The Morgan fingerprint density at radius 2 is 1.71 bits per heavy atom. The fraction of sp³-hybridized carbons (Fsp3) is 0.793. The van der Waals surface area contributed by atoms with Gasteiger partial charge in [-0.25, -0.2) is 0 Å². The average molecular weight is 466 g/mol. The maximum atomic E-state index is 14.0. The number of rotatable bonds is 1. The van der Waals surface area contributed by atoms with E-state index < -0.39 is 11.4 Å². The molecule has 9 atom stereocenters. The maximum absolute atomic E-state index is 14.0. The van der Waals surface area contributed by atoms with Gasteiger partial charge in [-0.1, -0.05) is 40.7 Å². The first-order valence-electron chi connectivity index (χ1n) is 13.2. The van der Waals surface area contributed by atoms with Crippen LogP contribution in [0.2, 0.25) is 0 Å². The van der Waals surface area contributed by atoms with Crippen LogP contribution in [-0.2, 0) is 14.4 Å². The number of nitriles is 1. The molecule has 0 aromatic rings. The van der Waals surface area contributed by atoms with Gasteiger partial charge in [0.25, 0.3) is 0 Å². The van der Waals surface area contributed by atoms with E-state index in [0.717, 1.165) is 32.1 Å². The molecule has 0 heterocycles. The van der Waals surface area contributed by atoms with E-state index in [4.69, 9.17) is 0 Å². The molecule has 34 heavy (non-hydrogen) atoms. The number of carbonyl (C=O) groups excluding carboxylic acids is 2. The molecule has 9 unspecified atom stereocenters. The summed E-state index contributed by atoms with van der Waals surface area (Å²) < 4.78 is 0. The lowest BCUT2D eigenvalue weighted by molar-refractivity contribution is -0.195. The van der Waals surface area contributed by atoms with E-state index in [0.29, 0.717) is 19.3 Å². The number of carbonyl (C=O) groups is 3. The molecule has 0 aromatic carbocycles. The van der Waals surface area contributed by atoms with Crippen LogP contribution in [-0.4, -0.2) is 22.6 Å². The van der Waals surface area contributed by atoms with E-state index in [1.54, 1.807) is 0 Å². The minimum Gasteiger partial charge on any atom is -0.481 e. The van der Waals surface area contributed by atoms with E-state index in [2.05, 4.69) is 33.8 Å². The average Bonchev–Trinajstić information content (AvgIpc) is 2.76. The molecule has 0 radical (unpaired) electrons. The molecule has 0 spiro atoms. The van der Waals surface area contributed by atoms with E-state index >= 15 is 0 Å². The van der Waals surface area contributed by atoms with E-state index in [1.807, 2.05) is 13.0 Å². The first-order chi connectivity index (χ1) is 15.8. The number of Topliss-reactive ketones (excluding diaryl/α,β-unsaturated/α-hetero) is 2. The van der Waals surface area contributed by atoms with Gasteiger partial charge < -0.3 is 5.11 Å². The topological polar surface area (TPSA) is 95.2 Å². The molecule has 0 aliphatic heterocycles. The number of ketones is 2. The number of aliphatic carboxylic acids is 1. The molecule has 0 bridgehead atoms. The van der Waals surface area contributed by atoms with Gasteiger partial charge in [0, 0.05) is 18.3 Å². The fourth-order valence-electron chi connectivity index (χ4n) is 9.90. The van der Waals surface area contributed by atoms with Crippen molar-refractivity contribution in [3.8, 4) is 6.07 Å². The smallest absolute Gasteiger partial charge is 0.309 e. The first kappa shape index (κ1) is 23.8. The molecular formula is C29H39NO4. The normalized spacial score (nSPS) is 49.5. The van der Waals surface area contributed by atoms with Gasteiger partial charge in [0.2, 0.25) is 0 Å². The van der Waals surface area contributed by atoms with Gasteiger partial charge in [0.05, 0.1) is 11.0 Å². The standard InChI is InChI=1S/C29H39NO4/c1-16-18-6-8-27(4)19-7-9-29(25(33)34)11-10-26(2,3)14-20(29)23(19)21(31)12-22(27)28(18,5)13-17(15-30)24(16)32/h13,16,18-20,22-23H,6-12,14H2,1-5H3,(H,33,34). The minimum absolute atomic E-state index is 0.0524. The summed E-state index contributed by atoms with van der Waals surface area (Å²) in [6.07, 6.45) is 8.07. The molecule has 4 fully saturated rings. The molecule has 5 aliphatic rings. The number of nitrogens with zero attached hydrogens (tertiary/aromatic N) is 1. The highest BCUT2D eigenvalue weighted by molar-refractivity contribution is 6.01. The van der Waals surface area contributed by atoms with E-state index in [-0.39, 0.29) is 68.9 Å². The highest BCUT2D eigenvalue weighted by Crippen LogP contribution is 2.70. The molecule has 4 saturated carbocycles. The largest absolute Gasteiger partial charge is 0.481 e. The number of carboxylic acids is 1. The van der Waals surface area contributed by atoms with E-state index in [9.17, 15) is 24.8 Å². The Bertz CT molecular complexity index is 1040. The molecular weight excluding hydrogens is 426 g/mol. The summed E-state index contributed by atoms with van der Waals surface area (Å²) in [5.74, 6) is -0.602. The van der Waals surface area contributed by atoms with Gasteiger partial charge in [0.1, 0.15) is 11.9 Å². The van der Waals surface area contributed by atoms with Crippen LogP contribution in [0.15, 0.2) is 11.6 Å². The fourth-order valence-corrected chi connectivity index (χ4v) is 9.90. The van der Waals surface area contributed by atoms with Gasteiger partial charge in [-0.2, -0.15) is 5.26 Å². The lowest BCUT2D eigenvalue weighted by Crippen LogP contribution is -2.64. The Kier molecular flexibility index (Phi) is 5.09. The molecule has 5 rings (SSSR count). The molecule has 5 nitrogen and oxygen atoms in total. The number of fused-ring (bicyclic) bond motifs is 7. The third kappa shape index (κ3) is 2.93. The summed E-state index contributed by atoms with van der Waals surface area (Å²) in [6, 6.07) is 2.14. The van der Waals surface area contributed by atoms with Crippen molar-refractivity contribution in [1.82, 2.24) is 0 Å². The van der Waals surface area contributed by atoms with Gasteiger partial charge in [-0.05, 0) is 84.9 Å². The highest BCUT2D eigenvalue weighted by atomic mass is 16.4.